The van der Waals surface area contributed by atoms with Gasteiger partial charge in [0.2, 0.25) is 11.0 Å². The predicted molar refractivity (Wildman–Crippen MR) is 112 cm³/mol. The van der Waals surface area contributed by atoms with Crippen LogP contribution in [0.2, 0.25) is 0 Å². The van der Waals surface area contributed by atoms with E-state index in [1.165, 1.54) is 11.3 Å². The fourth-order valence-corrected chi connectivity index (χ4v) is 6.07. The largest absolute Gasteiger partial charge is 0.325 e. The van der Waals surface area contributed by atoms with Crippen molar-refractivity contribution in [1.29, 1.82) is 0 Å². The molecule has 1 aliphatic carbocycles. The first kappa shape index (κ1) is 21.7. The monoisotopic (exact) mass is 421 g/mol. The van der Waals surface area contributed by atoms with E-state index in [1.54, 1.807) is 0 Å². The smallest absolute Gasteiger partial charge is 0.323 e. The van der Waals surface area contributed by atoms with Crippen molar-refractivity contribution < 1.29 is 14.4 Å². The van der Waals surface area contributed by atoms with Crippen molar-refractivity contribution in [2.24, 2.45) is 11.3 Å². The number of hydrogen-bond acceptors (Lipinski definition) is 6. The number of imide groups is 1. The van der Waals surface area contributed by atoms with Gasteiger partial charge in [0.1, 0.15) is 17.1 Å². The zero-order valence-electron chi connectivity index (χ0n) is 17.9. The molecular weight excluding hydrogens is 390 g/mol. The number of nitrogens with zero attached hydrogens (tertiary/aromatic N) is 3. The van der Waals surface area contributed by atoms with Crippen molar-refractivity contribution in [3.05, 3.63) is 5.01 Å². The van der Waals surface area contributed by atoms with Gasteiger partial charge in [-0.05, 0) is 43.4 Å². The molecule has 2 fully saturated rings. The molecule has 0 bridgehead atoms. The van der Waals surface area contributed by atoms with E-state index in [0.29, 0.717) is 29.8 Å². The van der Waals surface area contributed by atoms with E-state index < -0.39 is 17.5 Å². The standard InChI is InChI=1S/C20H31N5O3S/c1-6-13(7-2)15-23-24-17(29-15)21-14(26)10-25-16(27)20(22-18(25)28)9-12(3)8-19(4,5)11-20/h12-13H,6-11H2,1-5H3,(H,22,28)(H,21,24,26). The minimum atomic E-state index is -0.899. The molecule has 9 heteroatoms. The fourth-order valence-electron chi connectivity index (χ4n) is 5.04. The molecule has 1 spiro atoms. The molecule has 2 aliphatic rings. The van der Waals surface area contributed by atoms with Gasteiger partial charge in [-0.15, -0.1) is 10.2 Å². The summed E-state index contributed by atoms with van der Waals surface area (Å²) in [5.41, 5.74) is -0.944. The van der Waals surface area contributed by atoms with Gasteiger partial charge in [-0.2, -0.15) is 0 Å². The summed E-state index contributed by atoms with van der Waals surface area (Å²) in [6.07, 6.45) is 4.11. The van der Waals surface area contributed by atoms with Crippen molar-refractivity contribution in [3.63, 3.8) is 0 Å². The Morgan fingerprint density at radius 1 is 1.28 bits per heavy atom. The Morgan fingerprint density at radius 2 is 1.97 bits per heavy atom. The van der Waals surface area contributed by atoms with E-state index in [9.17, 15) is 14.4 Å². The lowest BCUT2D eigenvalue weighted by molar-refractivity contribution is -0.136. The van der Waals surface area contributed by atoms with Gasteiger partial charge < -0.3 is 5.32 Å². The normalized spacial score (nSPS) is 26.3. The van der Waals surface area contributed by atoms with Gasteiger partial charge in [-0.3, -0.25) is 19.8 Å². The number of amides is 4. The van der Waals surface area contributed by atoms with Crippen molar-refractivity contribution in [2.45, 2.75) is 78.2 Å². The molecular formula is C20H31N5O3S. The first-order chi connectivity index (χ1) is 13.6. The van der Waals surface area contributed by atoms with Crippen molar-refractivity contribution in [2.75, 3.05) is 11.9 Å². The highest BCUT2D eigenvalue weighted by Gasteiger charge is 2.56. The van der Waals surface area contributed by atoms with Crippen LogP contribution in [0, 0.1) is 11.3 Å². The van der Waals surface area contributed by atoms with E-state index in [4.69, 9.17) is 0 Å². The Kier molecular flexibility index (Phi) is 5.98. The quantitative estimate of drug-likeness (QED) is 0.684. The lowest BCUT2D eigenvalue weighted by Crippen LogP contribution is -2.54. The summed E-state index contributed by atoms with van der Waals surface area (Å²) >= 11 is 1.34. The van der Waals surface area contributed by atoms with Gasteiger partial charge in [-0.25, -0.2) is 4.79 Å². The zero-order chi connectivity index (χ0) is 21.4. The number of carbonyl (C=O) groups is 3. The van der Waals surface area contributed by atoms with E-state index in [2.05, 4.69) is 55.4 Å². The second-order valence-electron chi connectivity index (χ2n) is 9.27. The van der Waals surface area contributed by atoms with Crippen LogP contribution in [0.25, 0.3) is 0 Å². The van der Waals surface area contributed by atoms with E-state index >= 15 is 0 Å². The summed E-state index contributed by atoms with van der Waals surface area (Å²) in [5, 5.41) is 15.0. The van der Waals surface area contributed by atoms with Crippen molar-refractivity contribution in [3.8, 4) is 0 Å². The molecule has 4 amide bonds. The third-order valence-electron chi connectivity index (χ3n) is 5.95. The number of anilines is 1. The molecule has 8 nitrogen and oxygen atoms in total. The number of hydrogen-bond donors (Lipinski definition) is 2. The van der Waals surface area contributed by atoms with Gasteiger partial charge >= 0.3 is 6.03 Å². The highest BCUT2D eigenvalue weighted by atomic mass is 32.1. The second-order valence-corrected chi connectivity index (χ2v) is 10.3. The summed E-state index contributed by atoms with van der Waals surface area (Å²) in [6.45, 7) is 10.2. The van der Waals surface area contributed by atoms with Crippen LogP contribution in [0.1, 0.15) is 77.6 Å². The molecule has 1 saturated heterocycles. The van der Waals surface area contributed by atoms with Crippen LogP contribution in [0.5, 0.6) is 0 Å². The molecule has 2 heterocycles. The number of nitrogens with one attached hydrogen (secondary N) is 2. The number of urea groups is 1. The SMILES string of the molecule is CCC(CC)c1nnc(NC(=O)CN2C(=O)NC3(CC(C)CC(C)(C)C3)C2=O)s1. The number of carbonyl (C=O) groups excluding carboxylic acids is 3. The molecule has 29 heavy (non-hydrogen) atoms. The van der Waals surface area contributed by atoms with Crippen LogP contribution in [-0.2, 0) is 9.59 Å². The maximum absolute atomic E-state index is 13.1. The zero-order valence-corrected chi connectivity index (χ0v) is 18.7. The lowest BCUT2D eigenvalue weighted by atomic mass is 9.64. The van der Waals surface area contributed by atoms with Crippen molar-refractivity contribution >= 4 is 34.3 Å². The van der Waals surface area contributed by atoms with E-state index in [0.717, 1.165) is 29.2 Å². The number of aromatic nitrogens is 2. The number of rotatable bonds is 6. The Bertz CT molecular complexity index is 804. The van der Waals surface area contributed by atoms with Crippen LogP contribution < -0.4 is 10.6 Å². The van der Waals surface area contributed by atoms with E-state index in [-0.39, 0.29) is 17.9 Å². The predicted octanol–water partition coefficient (Wildman–Crippen LogP) is 3.52. The second kappa shape index (κ2) is 8.01. The molecule has 1 aliphatic heterocycles. The molecule has 3 rings (SSSR count). The first-order valence-corrected chi connectivity index (χ1v) is 11.2. The van der Waals surface area contributed by atoms with Gasteiger partial charge in [-0.1, -0.05) is 46.0 Å². The van der Waals surface area contributed by atoms with Crippen LogP contribution in [0.3, 0.4) is 0 Å². The summed E-state index contributed by atoms with van der Waals surface area (Å²) in [4.78, 5) is 39.2. The Hall–Kier alpha value is -2.03. The molecule has 1 saturated carbocycles. The topological polar surface area (TPSA) is 104 Å². The van der Waals surface area contributed by atoms with Crippen LogP contribution >= 0.6 is 11.3 Å². The molecule has 0 radical (unpaired) electrons. The third kappa shape index (κ3) is 4.44. The van der Waals surface area contributed by atoms with Gasteiger partial charge in [0.15, 0.2) is 0 Å². The van der Waals surface area contributed by atoms with Crippen LogP contribution in [-0.4, -0.2) is 45.0 Å². The first-order valence-electron chi connectivity index (χ1n) is 10.4. The Morgan fingerprint density at radius 3 is 2.59 bits per heavy atom. The average Bonchev–Trinajstić information content (AvgIpc) is 3.13. The van der Waals surface area contributed by atoms with Gasteiger partial charge in [0.25, 0.3) is 5.91 Å². The Balaban J connectivity index is 1.67. The van der Waals surface area contributed by atoms with Crippen LogP contribution in [0.15, 0.2) is 0 Å². The minimum Gasteiger partial charge on any atom is -0.323 e. The summed E-state index contributed by atoms with van der Waals surface area (Å²) in [7, 11) is 0. The molecule has 1 aromatic rings. The molecule has 160 valence electrons. The minimum absolute atomic E-state index is 0.0447. The summed E-state index contributed by atoms with van der Waals surface area (Å²) in [6, 6.07) is -0.495. The summed E-state index contributed by atoms with van der Waals surface area (Å²) < 4.78 is 0. The maximum Gasteiger partial charge on any atom is 0.325 e. The molecule has 1 aromatic heterocycles. The van der Waals surface area contributed by atoms with Crippen molar-refractivity contribution in [1.82, 2.24) is 20.4 Å². The molecule has 0 aromatic carbocycles. The van der Waals surface area contributed by atoms with Gasteiger partial charge in [0.05, 0.1) is 0 Å². The maximum atomic E-state index is 13.1. The summed E-state index contributed by atoms with van der Waals surface area (Å²) in [5.74, 6) is -0.101. The molecule has 2 atom stereocenters. The van der Waals surface area contributed by atoms with Crippen LogP contribution in [0.4, 0.5) is 9.93 Å². The van der Waals surface area contributed by atoms with E-state index in [1.807, 2.05) is 0 Å². The third-order valence-corrected chi connectivity index (χ3v) is 6.95. The molecule has 2 unspecified atom stereocenters. The fraction of sp³-hybridized carbons (Fsp3) is 0.750. The lowest BCUT2D eigenvalue weighted by Gasteiger charge is -2.43. The Labute approximate surface area is 175 Å². The molecule has 2 N–H and O–H groups in total. The average molecular weight is 422 g/mol. The highest BCUT2D eigenvalue weighted by Crippen LogP contribution is 2.46. The van der Waals surface area contributed by atoms with Gasteiger partial charge in [0, 0.05) is 5.92 Å². The highest BCUT2D eigenvalue weighted by molar-refractivity contribution is 7.15.